The highest BCUT2D eigenvalue weighted by Gasteiger charge is 2.49. The molecule has 2 aromatic carbocycles. The van der Waals surface area contributed by atoms with Crippen LogP contribution in [0.4, 0.5) is 0 Å². The summed E-state index contributed by atoms with van der Waals surface area (Å²) >= 11 is 0. The van der Waals surface area contributed by atoms with Gasteiger partial charge in [0.1, 0.15) is 6.29 Å². The van der Waals surface area contributed by atoms with Gasteiger partial charge in [-0.05, 0) is 27.2 Å². The first-order valence-electron chi connectivity index (χ1n) is 10.8. The van der Waals surface area contributed by atoms with Crippen LogP contribution in [0.2, 0.25) is 5.04 Å². The van der Waals surface area contributed by atoms with Crippen molar-refractivity contribution in [1.82, 2.24) is 0 Å². The average molecular weight is 421 g/mol. The van der Waals surface area contributed by atoms with Crippen LogP contribution in [0.1, 0.15) is 47.5 Å². The fourth-order valence-corrected chi connectivity index (χ4v) is 8.40. The normalized spacial score (nSPS) is 13.2. The summed E-state index contributed by atoms with van der Waals surface area (Å²) in [5.74, 6) is 0. The van der Waals surface area contributed by atoms with Crippen molar-refractivity contribution in [3.8, 4) is 0 Å². The van der Waals surface area contributed by atoms with Crippen molar-refractivity contribution < 1.29 is 9.22 Å². The lowest BCUT2D eigenvalue weighted by atomic mass is 9.88. The van der Waals surface area contributed by atoms with E-state index in [1.165, 1.54) is 10.4 Å². The number of aldehydes is 1. The summed E-state index contributed by atoms with van der Waals surface area (Å²) in [4.78, 5) is 10.6. The van der Waals surface area contributed by atoms with Gasteiger partial charge in [-0.2, -0.15) is 0 Å². The second-order valence-electron chi connectivity index (χ2n) is 9.46. The molecule has 0 spiro atoms. The van der Waals surface area contributed by atoms with Crippen LogP contribution < -0.4 is 10.4 Å². The van der Waals surface area contributed by atoms with Gasteiger partial charge in [0.15, 0.2) is 0 Å². The zero-order chi connectivity index (χ0) is 22.1. The summed E-state index contributed by atoms with van der Waals surface area (Å²) in [5, 5.41) is 2.57. The summed E-state index contributed by atoms with van der Waals surface area (Å²) in [5.41, 5.74) is 0.0180. The van der Waals surface area contributed by atoms with Gasteiger partial charge in [0.2, 0.25) is 0 Å². The van der Waals surface area contributed by atoms with E-state index in [1.54, 1.807) is 0 Å². The third-order valence-corrected chi connectivity index (χ3v) is 10.5. The lowest BCUT2D eigenvalue weighted by Gasteiger charge is -2.42. The van der Waals surface area contributed by atoms with Gasteiger partial charge in [-0.25, -0.2) is 0 Å². The van der Waals surface area contributed by atoms with Crippen LogP contribution in [0.25, 0.3) is 0 Å². The number of rotatable bonds is 10. The van der Waals surface area contributed by atoms with Gasteiger partial charge in [0.25, 0.3) is 8.32 Å². The van der Waals surface area contributed by atoms with Gasteiger partial charge in [-0.15, -0.1) is 0 Å². The molecule has 2 nitrogen and oxygen atoms in total. The number of carbonyl (C=O) groups is 1. The minimum Gasteiger partial charge on any atom is -0.404 e. The molecule has 0 aliphatic rings. The minimum atomic E-state index is -2.48. The highest BCUT2D eigenvalue weighted by molar-refractivity contribution is 6.99. The molecule has 0 aliphatic heterocycles. The molecule has 0 fully saturated rings. The van der Waals surface area contributed by atoms with Crippen LogP contribution in [0, 0.1) is 5.41 Å². The summed E-state index contributed by atoms with van der Waals surface area (Å²) in [6.45, 7) is 11.7. The Hall–Kier alpha value is -2.23. The lowest BCUT2D eigenvalue weighted by molar-refractivity contribution is -0.108. The molecule has 0 heterocycles. The van der Waals surface area contributed by atoms with Crippen LogP contribution in [-0.2, 0) is 9.22 Å². The first kappa shape index (κ1) is 24.0. The first-order valence-corrected chi connectivity index (χ1v) is 12.7. The average Bonchev–Trinajstić information content (AvgIpc) is 2.72. The maximum atomic E-state index is 10.6. The Morgan fingerprint density at radius 3 is 1.83 bits per heavy atom. The standard InChI is InChI=1S/C27H36O2Si/c1-26(2,3)30(24-16-9-6-10-17-24,25-18-11-7-12-19-25)29-23-14-8-13-20-27(4,5)21-15-22-28/h6-14,16-20,22H,15,21,23H2,1-5H3/b14-8+,20-13+. The number of carbonyl (C=O) groups excluding carboxylic acids is 1. The second kappa shape index (κ2) is 10.7. The highest BCUT2D eigenvalue weighted by Crippen LogP contribution is 2.36. The van der Waals surface area contributed by atoms with Crippen LogP contribution >= 0.6 is 0 Å². The van der Waals surface area contributed by atoms with Crippen molar-refractivity contribution in [2.75, 3.05) is 6.61 Å². The summed E-state index contributed by atoms with van der Waals surface area (Å²) in [6.07, 6.45) is 10.8. The molecule has 3 heteroatoms. The Bertz CT molecular complexity index is 791. The molecule has 0 saturated carbocycles. The fourth-order valence-electron chi connectivity index (χ4n) is 3.90. The molecule has 0 bridgehead atoms. The molecular weight excluding hydrogens is 384 g/mol. The molecule has 0 saturated heterocycles. The molecular formula is C27H36O2Si. The van der Waals surface area contributed by atoms with E-state index in [2.05, 4.69) is 120 Å². The summed E-state index contributed by atoms with van der Waals surface area (Å²) < 4.78 is 6.84. The van der Waals surface area contributed by atoms with Crippen molar-refractivity contribution in [2.45, 2.75) is 52.5 Å². The monoisotopic (exact) mass is 420 g/mol. The Labute approximate surface area is 183 Å². The van der Waals surface area contributed by atoms with E-state index in [1.807, 2.05) is 0 Å². The maximum Gasteiger partial charge on any atom is 0.261 e. The SMILES string of the molecule is CC(C)(/C=C/C=C/CO[Si](c1ccccc1)(c1ccccc1)C(C)(C)C)CCC=O. The number of allylic oxidation sites excluding steroid dienone is 3. The predicted molar refractivity (Wildman–Crippen MR) is 131 cm³/mol. The van der Waals surface area contributed by atoms with E-state index in [0.29, 0.717) is 13.0 Å². The van der Waals surface area contributed by atoms with Crippen LogP contribution in [0.5, 0.6) is 0 Å². The van der Waals surface area contributed by atoms with Crippen molar-refractivity contribution in [1.29, 1.82) is 0 Å². The molecule has 0 amide bonds. The molecule has 0 radical (unpaired) electrons. The first-order chi connectivity index (χ1) is 14.2. The molecule has 0 atom stereocenters. The van der Waals surface area contributed by atoms with E-state index >= 15 is 0 Å². The molecule has 160 valence electrons. The maximum absolute atomic E-state index is 10.6. The van der Waals surface area contributed by atoms with Gasteiger partial charge in [0.05, 0.1) is 6.61 Å². The van der Waals surface area contributed by atoms with Crippen LogP contribution in [-0.4, -0.2) is 21.2 Å². The van der Waals surface area contributed by atoms with Gasteiger partial charge >= 0.3 is 0 Å². The van der Waals surface area contributed by atoms with E-state index in [0.717, 1.165) is 12.7 Å². The zero-order valence-corrected chi connectivity index (χ0v) is 20.1. The van der Waals surface area contributed by atoms with Crippen molar-refractivity contribution in [3.05, 3.63) is 85.0 Å². The van der Waals surface area contributed by atoms with Gasteiger partial charge in [-0.1, -0.05) is 120 Å². The minimum absolute atomic E-state index is 0.0177. The van der Waals surface area contributed by atoms with E-state index in [4.69, 9.17) is 4.43 Å². The molecule has 0 aromatic heterocycles. The largest absolute Gasteiger partial charge is 0.404 e. The summed E-state index contributed by atoms with van der Waals surface area (Å²) in [6, 6.07) is 21.4. The Kier molecular flexibility index (Phi) is 8.57. The quantitative estimate of drug-likeness (QED) is 0.281. The third-order valence-electron chi connectivity index (χ3n) is 5.51. The van der Waals surface area contributed by atoms with Crippen molar-refractivity contribution in [2.24, 2.45) is 5.41 Å². The second-order valence-corrected chi connectivity index (χ2v) is 13.8. The predicted octanol–water partition coefficient (Wildman–Crippen LogP) is 5.68. The Balaban J connectivity index is 2.26. The lowest BCUT2D eigenvalue weighted by Crippen LogP contribution is -2.66. The smallest absolute Gasteiger partial charge is 0.261 e. The molecule has 0 aliphatic carbocycles. The van der Waals surface area contributed by atoms with E-state index in [-0.39, 0.29) is 10.5 Å². The third kappa shape index (κ3) is 6.13. The molecule has 0 N–H and O–H groups in total. The number of hydrogen-bond acceptors (Lipinski definition) is 2. The molecule has 0 unspecified atom stereocenters. The van der Waals surface area contributed by atoms with E-state index < -0.39 is 8.32 Å². The molecule has 2 aromatic rings. The van der Waals surface area contributed by atoms with Gasteiger partial charge < -0.3 is 9.22 Å². The van der Waals surface area contributed by atoms with Crippen LogP contribution in [0.15, 0.2) is 85.0 Å². The van der Waals surface area contributed by atoms with Gasteiger partial charge in [-0.3, -0.25) is 0 Å². The van der Waals surface area contributed by atoms with Crippen molar-refractivity contribution >= 4 is 25.0 Å². The highest BCUT2D eigenvalue weighted by atomic mass is 28.4. The Morgan fingerprint density at radius 1 is 0.833 bits per heavy atom. The van der Waals surface area contributed by atoms with Crippen molar-refractivity contribution in [3.63, 3.8) is 0 Å². The molecule has 30 heavy (non-hydrogen) atoms. The van der Waals surface area contributed by atoms with E-state index in [9.17, 15) is 4.79 Å². The Morgan fingerprint density at radius 2 is 1.37 bits per heavy atom. The molecule has 2 rings (SSSR count). The number of benzene rings is 2. The van der Waals surface area contributed by atoms with Crippen LogP contribution in [0.3, 0.4) is 0 Å². The zero-order valence-electron chi connectivity index (χ0n) is 19.1. The van der Waals surface area contributed by atoms with Gasteiger partial charge in [0, 0.05) is 6.42 Å². The number of hydrogen-bond donors (Lipinski definition) is 0. The summed E-state index contributed by atoms with van der Waals surface area (Å²) in [7, 11) is -2.48. The topological polar surface area (TPSA) is 26.3 Å². The fraction of sp³-hybridized carbons (Fsp3) is 0.370.